The standard InChI is InChI=1S/C16H23NO4/c1-9(2)7-17-8-16-6-5-11(21-16)12(13(16)14(17)18)15(19)20-10(3)4/h5-6,9-13H,7-8H2,1-4H3/t11-,12+,13+,16-/m1/s1. The molecule has 5 nitrogen and oxygen atoms in total. The van der Waals surface area contributed by atoms with Crippen LogP contribution in [0, 0.1) is 17.8 Å². The minimum atomic E-state index is -0.614. The molecule has 0 unspecified atom stereocenters. The molecule has 3 heterocycles. The molecule has 3 aliphatic rings. The monoisotopic (exact) mass is 293 g/mol. The third kappa shape index (κ3) is 2.18. The quantitative estimate of drug-likeness (QED) is 0.580. The second kappa shape index (κ2) is 4.83. The summed E-state index contributed by atoms with van der Waals surface area (Å²) in [6.07, 6.45) is 3.39. The van der Waals surface area contributed by atoms with Crippen LogP contribution in [0.1, 0.15) is 27.7 Å². The third-order valence-electron chi connectivity index (χ3n) is 4.39. The molecule has 0 radical (unpaired) electrons. The maximum atomic E-state index is 12.7. The average molecular weight is 293 g/mol. The minimum absolute atomic E-state index is 0.0289. The highest BCUT2D eigenvalue weighted by Gasteiger charge is 2.67. The molecule has 0 aliphatic carbocycles. The van der Waals surface area contributed by atoms with Gasteiger partial charge in [0.1, 0.15) is 11.5 Å². The van der Waals surface area contributed by atoms with Crippen molar-refractivity contribution in [3.63, 3.8) is 0 Å². The van der Waals surface area contributed by atoms with Crippen molar-refractivity contribution in [2.24, 2.45) is 17.8 Å². The van der Waals surface area contributed by atoms with E-state index in [1.54, 1.807) is 0 Å². The lowest BCUT2D eigenvalue weighted by Crippen LogP contribution is -2.40. The van der Waals surface area contributed by atoms with Crippen LogP contribution in [0.3, 0.4) is 0 Å². The average Bonchev–Trinajstić information content (AvgIpc) is 2.97. The van der Waals surface area contributed by atoms with Gasteiger partial charge in [-0.15, -0.1) is 0 Å². The zero-order chi connectivity index (χ0) is 15.4. The van der Waals surface area contributed by atoms with E-state index in [1.807, 2.05) is 30.9 Å². The number of fused-ring (bicyclic) bond motifs is 1. The first-order chi connectivity index (χ1) is 9.84. The van der Waals surface area contributed by atoms with Gasteiger partial charge in [0.2, 0.25) is 5.91 Å². The third-order valence-corrected chi connectivity index (χ3v) is 4.39. The van der Waals surface area contributed by atoms with E-state index in [0.29, 0.717) is 19.0 Å². The van der Waals surface area contributed by atoms with Crippen LogP contribution in [0.25, 0.3) is 0 Å². The summed E-state index contributed by atoms with van der Waals surface area (Å²) in [6, 6.07) is 0. The van der Waals surface area contributed by atoms with Gasteiger partial charge in [0.15, 0.2) is 0 Å². The first kappa shape index (κ1) is 14.6. The number of ether oxygens (including phenoxy) is 2. The summed E-state index contributed by atoms with van der Waals surface area (Å²) in [5, 5.41) is 0. The first-order valence-electron chi connectivity index (χ1n) is 7.70. The van der Waals surface area contributed by atoms with Gasteiger partial charge in [-0.25, -0.2) is 0 Å². The van der Waals surface area contributed by atoms with E-state index in [4.69, 9.17) is 9.47 Å². The van der Waals surface area contributed by atoms with Gasteiger partial charge >= 0.3 is 5.97 Å². The number of amides is 1. The van der Waals surface area contributed by atoms with Gasteiger partial charge in [0.05, 0.1) is 24.7 Å². The lowest BCUT2D eigenvalue weighted by molar-refractivity contribution is -0.157. The number of nitrogens with zero attached hydrogens (tertiary/aromatic N) is 1. The van der Waals surface area contributed by atoms with Gasteiger partial charge < -0.3 is 14.4 Å². The SMILES string of the molecule is CC(C)CN1C[C@@]23C=C[C@@H](O2)[C@H](C(=O)OC(C)C)[C@H]3C1=O. The fraction of sp³-hybridized carbons (Fsp3) is 0.750. The number of hydrogen-bond acceptors (Lipinski definition) is 4. The Bertz CT molecular complexity index is 499. The molecule has 0 aromatic rings. The van der Waals surface area contributed by atoms with E-state index in [2.05, 4.69) is 13.8 Å². The molecule has 3 aliphatic heterocycles. The Morgan fingerprint density at radius 3 is 2.81 bits per heavy atom. The second-order valence-corrected chi connectivity index (χ2v) is 7.00. The van der Waals surface area contributed by atoms with Crippen molar-refractivity contribution in [1.29, 1.82) is 0 Å². The highest BCUT2D eigenvalue weighted by Crippen LogP contribution is 2.52. The van der Waals surface area contributed by atoms with E-state index in [-0.39, 0.29) is 24.1 Å². The molecule has 3 rings (SSSR count). The summed E-state index contributed by atoms with van der Waals surface area (Å²) < 4.78 is 11.3. The van der Waals surface area contributed by atoms with Gasteiger partial charge in [0, 0.05) is 6.54 Å². The largest absolute Gasteiger partial charge is 0.463 e. The lowest BCUT2D eigenvalue weighted by atomic mass is 9.77. The highest BCUT2D eigenvalue weighted by molar-refractivity contribution is 5.91. The lowest BCUT2D eigenvalue weighted by Gasteiger charge is -2.23. The summed E-state index contributed by atoms with van der Waals surface area (Å²) in [4.78, 5) is 26.9. The van der Waals surface area contributed by atoms with Crippen molar-refractivity contribution in [3.05, 3.63) is 12.2 Å². The van der Waals surface area contributed by atoms with Crippen LogP contribution >= 0.6 is 0 Å². The maximum absolute atomic E-state index is 12.7. The van der Waals surface area contributed by atoms with E-state index in [0.717, 1.165) is 0 Å². The number of rotatable bonds is 4. The second-order valence-electron chi connectivity index (χ2n) is 7.00. The molecule has 1 amide bonds. The van der Waals surface area contributed by atoms with Crippen LogP contribution in [0.15, 0.2) is 12.2 Å². The Morgan fingerprint density at radius 2 is 2.19 bits per heavy atom. The molecular formula is C16H23NO4. The number of esters is 1. The molecule has 0 saturated carbocycles. The molecule has 2 fully saturated rings. The van der Waals surface area contributed by atoms with E-state index >= 15 is 0 Å². The van der Waals surface area contributed by atoms with Crippen LogP contribution in [-0.4, -0.2) is 47.7 Å². The zero-order valence-electron chi connectivity index (χ0n) is 13.0. The van der Waals surface area contributed by atoms with Crippen molar-refractivity contribution in [1.82, 2.24) is 4.90 Å². The molecule has 5 heteroatoms. The topological polar surface area (TPSA) is 55.8 Å². The van der Waals surface area contributed by atoms with Crippen molar-refractivity contribution in [2.75, 3.05) is 13.1 Å². The van der Waals surface area contributed by atoms with Gasteiger partial charge in [-0.1, -0.05) is 26.0 Å². The zero-order valence-corrected chi connectivity index (χ0v) is 13.0. The Balaban J connectivity index is 1.85. The van der Waals surface area contributed by atoms with Gasteiger partial charge in [-0.05, 0) is 19.8 Å². The van der Waals surface area contributed by atoms with Crippen molar-refractivity contribution >= 4 is 11.9 Å². The number of carbonyl (C=O) groups is 2. The molecule has 116 valence electrons. The number of carbonyl (C=O) groups excluding carboxylic acids is 2. The van der Waals surface area contributed by atoms with Crippen LogP contribution in [0.5, 0.6) is 0 Å². The summed E-state index contributed by atoms with van der Waals surface area (Å²) in [5.41, 5.74) is -0.614. The first-order valence-corrected chi connectivity index (χ1v) is 7.70. The molecule has 4 atom stereocenters. The van der Waals surface area contributed by atoms with E-state index < -0.39 is 17.4 Å². The number of hydrogen-bond donors (Lipinski definition) is 0. The molecule has 2 bridgehead atoms. The summed E-state index contributed by atoms with van der Waals surface area (Å²) in [5.74, 6) is -0.807. The normalized spacial score (nSPS) is 37.0. The van der Waals surface area contributed by atoms with Crippen LogP contribution in [0.2, 0.25) is 0 Å². The summed E-state index contributed by atoms with van der Waals surface area (Å²) in [7, 11) is 0. The molecule has 2 saturated heterocycles. The van der Waals surface area contributed by atoms with Crippen molar-refractivity contribution in [2.45, 2.75) is 45.5 Å². The van der Waals surface area contributed by atoms with Gasteiger partial charge in [-0.3, -0.25) is 9.59 Å². The fourth-order valence-electron chi connectivity index (χ4n) is 3.75. The maximum Gasteiger partial charge on any atom is 0.313 e. The van der Waals surface area contributed by atoms with Crippen molar-refractivity contribution < 1.29 is 19.1 Å². The van der Waals surface area contributed by atoms with Gasteiger partial charge in [-0.2, -0.15) is 0 Å². The molecule has 0 N–H and O–H groups in total. The van der Waals surface area contributed by atoms with Crippen molar-refractivity contribution in [3.8, 4) is 0 Å². The Hall–Kier alpha value is -1.36. The van der Waals surface area contributed by atoms with Crippen LogP contribution in [0.4, 0.5) is 0 Å². The molecule has 21 heavy (non-hydrogen) atoms. The van der Waals surface area contributed by atoms with E-state index in [1.165, 1.54) is 0 Å². The Labute approximate surface area is 125 Å². The Kier molecular flexibility index (Phi) is 3.35. The highest BCUT2D eigenvalue weighted by atomic mass is 16.6. The number of likely N-dealkylation sites (tertiary alicyclic amines) is 1. The molecule has 0 aromatic heterocycles. The van der Waals surface area contributed by atoms with E-state index in [9.17, 15) is 9.59 Å². The summed E-state index contributed by atoms with van der Waals surface area (Å²) >= 11 is 0. The van der Waals surface area contributed by atoms with Crippen LogP contribution in [-0.2, 0) is 19.1 Å². The van der Waals surface area contributed by atoms with Gasteiger partial charge in [0.25, 0.3) is 0 Å². The molecule has 0 aromatic carbocycles. The molecule has 1 spiro atoms. The van der Waals surface area contributed by atoms with Crippen LogP contribution < -0.4 is 0 Å². The predicted octanol–water partition coefficient (Wildman–Crippen LogP) is 1.38. The Morgan fingerprint density at radius 1 is 1.48 bits per heavy atom. The smallest absolute Gasteiger partial charge is 0.313 e. The summed E-state index contributed by atoms with van der Waals surface area (Å²) in [6.45, 7) is 9.05. The fourth-order valence-corrected chi connectivity index (χ4v) is 3.75. The predicted molar refractivity (Wildman–Crippen MR) is 76.4 cm³/mol. The minimum Gasteiger partial charge on any atom is -0.463 e. The molecular weight excluding hydrogens is 270 g/mol.